The molecule has 5 nitrogen and oxygen atoms in total. The van der Waals surface area contributed by atoms with Gasteiger partial charge in [-0.05, 0) is 48.8 Å². The van der Waals surface area contributed by atoms with Crippen LogP contribution in [0, 0.1) is 0 Å². The van der Waals surface area contributed by atoms with E-state index >= 15 is 0 Å². The van der Waals surface area contributed by atoms with Crippen LogP contribution in [0.15, 0.2) is 42.7 Å². The molecule has 0 fully saturated rings. The smallest absolute Gasteiger partial charge is 0.208 e. The molecule has 0 saturated heterocycles. The molecular formula is C23H24N2O3. The molecule has 2 heterocycles. The van der Waals surface area contributed by atoms with Crippen LogP contribution in [0.2, 0.25) is 0 Å². The zero-order valence-electron chi connectivity index (χ0n) is 16.3. The lowest BCUT2D eigenvalue weighted by molar-refractivity contribution is -0.120. The molecule has 0 radical (unpaired) electrons. The van der Waals surface area contributed by atoms with Crippen LogP contribution in [0.3, 0.4) is 0 Å². The Balaban J connectivity index is 1.75. The predicted molar refractivity (Wildman–Crippen MR) is 108 cm³/mol. The number of nitrogens with zero attached hydrogens (tertiary/aromatic N) is 2. The van der Waals surface area contributed by atoms with E-state index in [9.17, 15) is 9.59 Å². The highest BCUT2D eigenvalue weighted by molar-refractivity contribution is 6.31. The summed E-state index contributed by atoms with van der Waals surface area (Å²) in [5, 5.41) is 0. The van der Waals surface area contributed by atoms with E-state index in [2.05, 4.69) is 23.7 Å². The number of pyridine rings is 1. The van der Waals surface area contributed by atoms with E-state index < -0.39 is 6.10 Å². The average molecular weight is 376 g/mol. The van der Waals surface area contributed by atoms with Crippen molar-refractivity contribution in [3.8, 4) is 0 Å². The third kappa shape index (κ3) is 3.27. The number of carbonyl (C=O) groups excluding carboxylic acids is 2. The number of fused-ring (bicyclic) bond motifs is 1. The molecule has 1 aromatic carbocycles. The van der Waals surface area contributed by atoms with Crippen LogP contribution >= 0.6 is 0 Å². The van der Waals surface area contributed by atoms with Crippen molar-refractivity contribution in [3.63, 3.8) is 0 Å². The molecule has 0 saturated carbocycles. The van der Waals surface area contributed by atoms with Crippen LogP contribution in [0.4, 0.5) is 0 Å². The normalized spacial score (nSPS) is 18.8. The Hall–Kier alpha value is -2.79. The first-order chi connectivity index (χ1) is 13.6. The van der Waals surface area contributed by atoms with E-state index in [0.29, 0.717) is 24.3 Å². The van der Waals surface area contributed by atoms with E-state index in [1.165, 1.54) is 0 Å². The summed E-state index contributed by atoms with van der Waals surface area (Å²) in [7, 11) is 0. The van der Waals surface area contributed by atoms with Gasteiger partial charge in [-0.15, -0.1) is 0 Å². The number of ketones is 2. The van der Waals surface area contributed by atoms with Gasteiger partial charge in [0.15, 0.2) is 11.9 Å². The quantitative estimate of drug-likeness (QED) is 0.773. The van der Waals surface area contributed by atoms with E-state index in [0.717, 1.165) is 41.8 Å². The van der Waals surface area contributed by atoms with Gasteiger partial charge in [-0.3, -0.25) is 19.5 Å². The van der Waals surface area contributed by atoms with Crippen molar-refractivity contribution >= 4 is 22.9 Å². The first-order valence-corrected chi connectivity index (χ1v) is 9.86. The summed E-state index contributed by atoms with van der Waals surface area (Å²) >= 11 is 0. The van der Waals surface area contributed by atoms with Crippen molar-refractivity contribution in [3.05, 3.63) is 65.0 Å². The molecule has 1 aliphatic heterocycles. The number of aryl methyl sites for hydroxylation is 1. The highest BCUT2D eigenvalue weighted by Gasteiger charge is 2.37. The number of hydrogen-bond donors (Lipinski definition) is 0. The molecule has 0 amide bonds. The number of benzene rings is 1. The Morgan fingerprint density at radius 2 is 1.79 bits per heavy atom. The van der Waals surface area contributed by atoms with Gasteiger partial charge in [-0.2, -0.15) is 0 Å². The van der Waals surface area contributed by atoms with Gasteiger partial charge in [0.2, 0.25) is 5.78 Å². The van der Waals surface area contributed by atoms with Crippen LogP contribution in [-0.2, 0) is 16.0 Å². The molecule has 0 N–H and O–H groups in total. The molecule has 1 atom stereocenters. The van der Waals surface area contributed by atoms with E-state index in [4.69, 9.17) is 4.74 Å². The molecule has 2 aliphatic rings. The van der Waals surface area contributed by atoms with Crippen LogP contribution in [-0.4, -0.2) is 47.2 Å². The van der Waals surface area contributed by atoms with Crippen molar-refractivity contribution in [1.82, 2.24) is 9.88 Å². The fourth-order valence-corrected chi connectivity index (χ4v) is 3.97. The molecule has 144 valence electrons. The summed E-state index contributed by atoms with van der Waals surface area (Å²) in [5.74, 6) is 0.799. The molecule has 0 spiro atoms. The SMILES string of the molecule is CCN(CC)CC1OC(c2ccc3c(c2)CCC3=O)=C(c2ccncc2)C1=O. The maximum atomic E-state index is 13.3. The summed E-state index contributed by atoms with van der Waals surface area (Å²) in [4.78, 5) is 31.5. The van der Waals surface area contributed by atoms with Crippen molar-refractivity contribution < 1.29 is 14.3 Å². The van der Waals surface area contributed by atoms with Crippen molar-refractivity contribution in [2.24, 2.45) is 0 Å². The monoisotopic (exact) mass is 376 g/mol. The zero-order valence-corrected chi connectivity index (χ0v) is 16.3. The number of Topliss-reactive ketones (excluding diaryl/α,β-unsaturated/α-hetero) is 2. The largest absolute Gasteiger partial charge is 0.479 e. The average Bonchev–Trinajstić information content (AvgIpc) is 3.26. The third-order valence-electron chi connectivity index (χ3n) is 5.60. The lowest BCUT2D eigenvalue weighted by atomic mass is 9.96. The van der Waals surface area contributed by atoms with Gasteiger partial charge in [-0.25, -0.2) is 0 Å². The van der Waals surface area contributed by atoms with Gasteiger partial charge < -0.3 is 4.74 Å². The lowest BCUT2D eigenvalue weighted by Gasteiger charge is -2.22. The summed E-state index contributed by atoms with van der Waals surface area (Å²) in [5.41, 5.74) is 4.10. The third-order valence-corrected chi connectivity index (χ3v) is 5.60. The first-order valence-electron chi connectivity index (χ1n) is 9.86. The molecule has 28 heavy (non-hydrogen) atoms. The minimum atomic E-state index is -0.520. The molecule has 1 aromatic heterocycles. The molecule has 0 bridgehead atoms. The fourth-order valence-electron chi connectivity index (χ4n) is 3.97. The molecule has 4 rings (SSSR count). The molecule has 1 unspecified atom stereocenters. The van der Waals surface area contributed by atoms with E-state index in [-0.39, 0.29) is 11.6 Å². The second-order valence-electron chi connectivity index (χ2n) is 7.19. The standard InChI is InChI=1S/C23H24N2O3/c1-3-25(4-2)14-20-22(27)21(15-9-11-24-12-10-15)23(28-20)17-5-7-18-16(13-17)6-8-19(18)26/h5,7,9-13,20H,3-4,6,8,14H2,1-2H3. The maximum Gasteiger partial charge on any atom is 0.208 e. The van der Waals surface area contributed by atoms with Crippen molar-refractivity contribution in [2.75, 3.05) is 19.6 Å². The Kier molecular flexibility index (Phi) is 5.09. The van der Waals surface area contributed by atoms with E-state index in [1.807, 2.05) is 30.3 Å². The number of carbonyl (C=O) groups is 2. The minimum Gasteiger partial charge on any atom is -0.479 e. The Bertz CT molecular complexity index is 946. The van der Waals surface area contributed by atoms with Gasteiger partial charge in [0.05, 0.1) is 5.57 Å². The number of hydrogen-bond acceptors (Lipinski definition) is 5. The Morgan fingerprint density at radius 1 is 1.04 bits per heavy atom. The van der Waals surface area contributed by atoms with Crippen LogP contribution in [0.5, 0.6) is 0 Å². The van der Waals surface area contributed by atoms with Gasteiger partial charge in [0.1, 0.15) is 5.76 Å². The van der Waals surface area contributed by atoms with Crippen LogP contribution in [0.1, 0.15) is 47.3 Å². The minimum absolute atomic E-state index is 0.00433. The Labute approximate surface area is 165 Å². The van der Waals surface area contributed by atoms with Gasteiger partial charge in [-0.1, -0.05) is 26.0 Å². The second kappa shape index (κ2) is 7.68. The second-order valence-corrected chi connectivity index (χ2v) is 7.19. The topological polar surface area (TPSA) is 59.5 Å². The highest BCUT2D eigenvalue weighted by atomic mass is 16.5. The van der Waals surface area contributed by atoms with Gasteiger partial charge in [0, 0.05) is 36.5 Å². The molecular weight excluding hydrogens is 352 g/mol. The molecule has 2 aromatic rings. The number of rotatable bonds is 6. The summed E-state index contributed by atoms with van der Waals surface area (Å²) in [6.07, 6.45) is 4.15. The van der Waals surface area contributed by atoms with Crippen molar-refractivity contribution in [1.29, 1.82) is 0 Å². The maximum absolute atomic E-state index is 13.3. The van der Waals surface area contributed by atoms with Crippen molar-refractivity contribution in [2.45, 2.75) is 32.8 Å². The number of aromatic nitrogens is 1. The molecule has 5 heteroatoms. The molecule has 1 aliphatic carbocycles. The van der Waals surface area contributed by atoms with Crippen LogP contribution < -0.4 is 0 Å². The van der Waals surface area contributed by atoms with Gasteiger partial charge >= 0.3 is 0 Å². The first kappa shape index (κ1) is 18.6. The summed E-state index contributed by atoms with van der Waals surface area (Å²) in [6.45, 7) is 6.46. The number of likely N-dealkylation sites (N-methyl/N-ethyl adjacent to an activating group) is 1. The lowest BCUT2D eigenvalue weighted by Crippen LogP contribution is -2.36. The summed E-state index contributed by atoms with van der Waals surface area (Å²) in [6, 6.07) is 9.44. The fraction of sp³-hybridized carbons (Fsp3) is 0.348. The highest BCUT2D eigenvalue weighted by Crippen LogP contribution is 2.38. The predicted octanol–water partition coefficient (Wildman–Crippen LogP) is 3.39. The van der Waals surface area contributed by atoms with Crippen LogP contribution in [0.25, 0.3) is 11.3 Å². The Morgan fingerprint density at radius 3 is 2.50 bits per heavy atom. The number of ether oxygens (including phenoxy) is 1. The van der Waals surface area contributed by atoms with E-state index in [1.54, 1.807) is 12.4 Å². The zero-order chi connectivity index (χ0) is 19.7. The summed E-state index contributed by atoms with van der Waals surface area (Å²) < 4.78 is 6.23. The van der Waals surface area contributed by atoms with Gasteiger partial charge in [0.25, 0.3) is 0 Å².